The molecule has 1 aliphatic heterocycles. The molecule has 196 valence electrons. The zero-order valence-corrected chi connectivity index (χ0v) is 23.1. The van der Waals surface area contributed by atoms with E-state index < -0.39 is 0 Å². The molecular weight excluding hydrogens is 524 g/mol. The van der Waals surface area contributed by atoms with Gasteiger partial charge >= 0.3 is 0 Å². The predicted octanol–water partition coefficient (Wildman–Crippen LogP) is 9.01. The molecule has 0 N–H and O–H groups in total. The van der Waals surface area contributed by atoms with E-state index in [1.807, 2.05) is 83.8 Å². The maximum Gasteiger partial charge on any atom is 0.267 e. The second kappa shape index (κ2) is 11.7. The summed E-state index contributed by atoms with van der Waals surface area (Å²) in [4.78, 5) is 21.5. The lowest BCUT2D eigenvalue weighted by molar-refractivity contribution is -0.124. The fourth-order valence-electron chi connectivity index (χ4n) is 5.26. The maximum absolute atomic E-state index is 14.0. The number of carbonyl (C=O) groups excluding carboxylic acids is 1. The molecular formula is C33H29ClN2O2S. The van der Waals surface area contributed by atoms with Gasteiger partial charge in [0.15, 0.2) is 5.17 Å². The number of aliphatic imine (C=N–C) groups is 1. The third-order valence-electron chi connectivity index (χ3n) is 7.27. The number of thioether (sulfide) groups is 1. The van der Waals surface area contributed by atoms with E-state index in [2.05, 4.69) is 18.2 Å². The number of halogens is 1. The molecule has 1 saturated heterocycles. The number of carbonyl (C=O) groups is 1. The molecule has 6 heteroatoms. The highest BCUT2D eigenvalue weighted by Crippen LogP contribution is 2.40. The van der Waals surface area contributed by atoms with Crippen LogP contribution in [0.2, 0.25) is 5.02 Å². The highest BCUT2D eigenvalue weighted by molar-refractivity contribution is 8.18. The fourth-order valence-corrected chi connectivity index (χ4v) is 6.43. The summed E-state index contributed by atoms with van der Waals surface area (Å²) in [6.45, 7) is 0.404. The van der Waals surface area contributed by atoms with E-state index >= 15 is 0 Å². The minimum atomic E-state index is 0.0261. The van der Waals surface area contributed by atoms with Gasteiger partial charge in [0.05, 0.1) is 10.6 Å². The Morgan fingerprint density at radius 1 is 0.897 bits per heavy atom. The molecule has 39 heavy (non-hydrogen) atoms. The van der Waals surface area contributed by atoms with Gasteiger partial charge in [0.1, 0.15) is 12.4 Å². The first-order valence-corrected chi connectivity index (χ1v) is 14.6. The van der Waals surface area contributed by atoms with Crippen LogP contribution in [0.3, 0.4) is 0 Å². The lowest BCUT2D eigenvalue weighted by Crippen LogP contribution is -2.40. The number of nitrogens with zero attached hydrogens (tertiary/aromatic N) is 2. The molecule has 0 spiro atoms. The normalized spacial score (nSPS) is 18.4. The summed E-state index contributed by atoms with van der Waals surface area (Å²) in [7, 11) is 0. The molecule has 1 saturated carbocycles. The zero-order chi connectivity index (χ0) is 26.6. The van der Waals surface area contributed by atoms with Gasteiger partial charge in [0.25, 0.3) is 5.91 Å². The Morgan fingerprint density at radius 2 is 1.64 bits per heavy atom. The van der Waals surface area contributed by atoms with Gasteiger partial charge in [0, 0.05) is 16.6 Å². The standard InChI is InChI=1S/C33H29ClN2O2S/c34-25-18-15-23(16-19-25)22-38-30-20-17-24-9-7-8-14-28(24)29(30)21-31-32(37)36(27-12-5-2-6-13-27)33(39-31)35-26-10-3-1-4-11-26/h1,3-4,7-11,14-21,27H,2,5-6,12-13,22H2/b31-21+,35-33?. The van der Waals surface area contributed by atoms with E-state index in [9.17, 15) is 4.79 Å². The summed E-state index contributed by atoms with van der Waals surface area (Å²) in [5.41, 5.74) is 2.78. The molecule has 0 radical (unpaired) electrons. The van der Waals surface area contributed by atoms with Crippen LogP contribution in [0.25, 0.3) is 16.8 Å². The van der Waals surface area contributed by atoms with Crippen molar-refractivity contribution >= 4 is 57.0 Å². The summed E-state index contributed by atoms with van der Waals surface area (Å²) in [5, 5.41) is 3.60. The number of fused-ring (bicyclic) bond motifs is 1. The number of hydrogen-bond donors (Lipinski definition) is 0. The molecule has 6 rings (SSSR count). The fraction of sp³-hybridized carbons (Fsp3) is 0.212. The van der Waals surface area contributed by atoms with Gasteiger partial charge in [-0.3, -0.25) is 9.69 Å². The Morgan fingerprint density at radius 3 is 2.44 bits per heavy atom. The Kier molecular flexibility index (Phi) is 7.71. The zero-order valence-electron chi connectivity index (χ0n) is 21.6. The van der Waals surface area contributed by atoms with Crippen molar-refractivity contribution < 1.29 is 9.53 Å². The number of rotatable bonds is 6. The highest BCUT2D eigenvalue weighted by Gasteiger charge is 2.39. The molecule has 2 aliphatic rings. The van der Waals surface area contributed by atoms with Crippen molar-refractivity contribution in [1.29, 1.82) is 0 Å². The Hall–Kier alpha value is -3.54. The van der Waals surface area contributed by atoms with Crippen LogP contribution in [0.1, 0.15) is 43.2 Å². The van der Waals surface area contributed by atoms with Gasteiger partial charge in [-0.1, -0.05) is 91.5 Å². The molecule has 4 nitrogen and oxygen atoms in total. The van der Waals surface area contributed by atoms with E-state index in [0.717, 1.165) is 64.2 Å². The number of ether oxygens (including phenoxy) is 1. The van der Waals surface area contributed by atoms with Crippen molar-refractivity contribution in [1.82, 2.24) is 4.90 Å². The molecule has 0 atom stereocenters. The first kappa shape index (κ1) is 25.7. The predicted molar refractivity (Wildman–Crippen MR) is 163 cm³/mol. The summed E-state index contributed by atoms with van der Waals surface area (Å²) in [5.74, 6) is 0.764. The maximum atomic E-state index is 14.0. The quantitative estimate of drug-likeness (QED) is 0.224. The minimum Gasteiger partial charge on any atom is -0.488 e. The second-order valence-electron chi connectivity index (χ2n) is 9.92. The summed E-state index contributed by atoms with van der Waals surface area (Å²) in [6.07, 6.45) is 7.53. The van der Waals surface area contributed by atoms with Gasteiger partial charge < -0.3 is 4.74 Å². The molecule has 0 aromatic heterocycles. The number of para-hydroxylation sites is 1. The molecule has 0 unspecified atom stereocenters. The highest BCUT2D eigenvalue weighted by atomic mass is 35.5. The Labute approximate surface area is 238 Å². The molecule has 0 bridgehead atoms. The second-order valence-corrected chi connectivity index (χ2v) is 11.4. The third kappa shape index (κ3) is 5.75. The largest absolute Gasteiger partial charge is 0.488 e. The van der Waals surface area contributed by atoms with E-state index in [4.69, 9.17) is 21.3 Å². The van der Waals surface area contributed by atoms with Gasteiger partial charge in [-0.25, -0.2) is 4.99 Å². The number of amides is 1. The minimum absolute atomic E-state index is 0.0261. The molecule has 1 amide bonds. The van der Waals surface area contributed by atoms with Crippen molar-refractivity contribution in [2.24, 2.45) is 4.99 Å². The van der Waals surface area contributed by atoms with Crippen LogP contribution in [0.15, 0.2) is 101 Å². The molecule has 2 fully saturated rings. The lowest BCUT2D eigenvalue weighted by Gasteiger charge is -2.30. The summed E-state index contributed by atoms with van der Waals surface area (Å²) in [6, 6.07) is 30.0. The number of benzene rings is 4. The monoisotopic (exact) mass is 552 g/mol. The van der Waals surface area contributed by atoms with Gasteiger partial charge in [-0.2, -0.15) is 0 Å². The average Bonchev–Trinajstić information content (AvgIpc) is 3.28. The van der Waals surface area contributed by atoms with Crippen LogP contribution in [0.5, 0.6) is 5.75 Å². The Bertz CT molecular complexity index is 1540. The van der Waals surface area contributed by atoms with Crippen LogP contribution in [0, 0.1) is 0 Å². The van der Waals surface area contributed by atoms with E-state index in [1.165, 1.54) is 18.2 Å². The molecule has 4 aromatic rings. The lowest BCUT2D eigenvalue weighted by atomic mass is 9.94. The first-order valence-electron chi connectivity index (χ1n) is 13.4. The molecule has 4 aromatic carbocycles. The molecule has 1 aliphatic carbocycles. The van der Waals surface area contributed by atoms with Crippen molar-refractivity contribution in [2.45, 2.75) is 44.8 Å². The van der Waals surface area contributed by atoms with Crippen LogP contribution < -0.4 is 4.74 Å². The summed E-state index contributed by atoms with van der Waals surface area (Å²) < 4.78 is 6.33. The average molecular weight is 553 g/mol. The van der Waals surface area contributed by atoms with E-state index in [0.29, 0.717) is 16.5 Å². The van der Waals surface area contributed by atoms with Crippen molar-refractivity contribution in [3.8, 4) is 5.75 Å². The van der Waals surface area contributed by atoms with E-state index in [-0.39, 0.29) is 11.9 Å². The SMILES string of the molecule is O=C1/C(=C\c2c(OCc3ccc(Cl)cc3)ccc3ccccc23)SC(=Nc2ccccc2)N1C1CCCCC1. The van der Waals surface area contributed by atoms with Crippen LogP contribution in [-0.4, -0.2) is 22.0 Å². The number of hydrogen-bond acceptors (Lipinski definition) is 4. The first-order chi connectivity index (χ1) is 19.2. The Balaban J connectivity index is 1.39. The van der Waals surface area contributed by atoms with Crippen LogP contribution >= 0.6 is 23.4 Å². The third-order valence-corrected chi connectivity index (χ3v) is 8.51. The van der Waals surface area contributed by atoms with E-state index in [1.54, 1.807) is 0 Å². The smallest absolute Gasteiger partial charge is 0.267 e. The van der Waals surface area contributed by atoms with Crippen molar-refractivity contribution in [3.05, 3.63) is 112 Å². The van der Waals surface area contributed by atoms with Crippen LogP contribution in [-0.2, 0) is 11.4 Å². The van der Waals surface area contributed by atoms with Crippen LogP contribution in [0.4, 0.5) is 5.69 Å². The van der Waals surface area contributed by atoms with Gasteiger partial charge in [-0.15, -0.1) is 0 Å². The van der Waals surface area contributed by atoms with Gasteiger partial charge in [-0.05, 0) is 77.3 Å². The van der Waals surface area contributed by atoms with Crippen molar-refractivity contribution in [2.75, 3.05) is 0 Å². The molecule has 1 heterocycles. The number of amidine groups is 1. The topological polar surface area (TPSA) is 41.9 Å². The summed E-state index contributed by atoms with van der Waals surface area (Å²) >= 11 is 7.52. The van der Waals surface area contributed by atoms with Crippen molar-refractivity contribution in [3.63, 3.8) is 0 Å². The van der Waals surface area contributed by atoms with Gasteiger partial charge in [0.2, 0.25) is 0 Å².